The first-order valence-corrected chi connectivity index (χ1v) is 7.33. The molecule has 2 N–H and O–H groups in total. The molecular formula is C13H17NO4S. The van der Waals surface area contributed by atoms with Crippen LogP contribution in [0.5, 0.6) is 0 Å². The molecule has 0 saturated carbocycles. The molecule has 1 aromatic rings. The van der Waals surface area contributed by atoms with Gasteiger partial charge in [-0.2, -0.15) is 0 Å². The molecule has 0 aliphatic carbocycles. The van der Waals surface area contributed by atoms with E-state index < -0.39 is 27.9 Å². The van der Waals surface area contributed by atoms with Gasteiger partial charge in [0, 0.05) is 17.3 Å². The minimum Gasteiger partial charge on any atom is -0.480 e. The summed E-state index contributed by atoms with van der Waals surface area (Å²) in [6.07, 6.45) is 0.244. The van der Waals surface area contributed by atoms with Crippen LogP contribution in [0.25, 0.3) is 0 Å². The van der Waals surface area contributed by atoms with E-state index in [4.69, 9.17) is 5.11 Å². The average molecular weight is 283 g/mol. The maximum atomic E-state index is 11.7. The van der Waals surface area contributed by atoms with Gasteiger partial charge in [0.25, 0.3) is 0 Å². The van der Waals surface area contributed by atoms with Gasteiger partial charge in [-0.25, -0.2) is 0 Å². The van der Waals surface area contributed by atoms with Crippen molar-refractivity contribution in [2.75, 3.05) is 5.75 Å². The summed E-state index contributed by atoms with van der Waals surface area (Å²) in [6.45, 7) is 1.99. The summed E-state index contributed by atoms with van der Waals surface area (Å²) in [4.78, 5) is 22.4. The number of rotatable bonds is 7. The van der Waals surface area contributed by atoms with Crippen LogP contribution in [-0.2, 0) is 26.9 Å². The quantitative estimate of drug-likeness (QED) is 0.779. The number of carboxylic acid groups (broad SMARTS) is 1. The van der Waals surface area contributed by atoms with Gasteiger partial charge in [-0.05, 0) is 12.0 Å². The number of hydrogen-bond acceptors (Lipinski definition) is 3. The molecule has 0 bridgehead atoms. The fourth-order valence-electron chi connectivity index (χ4n) is 1.55. The molecule has 0 saturated heterocycles. The Labute approximate surface area is 114 Å². The number of carboxylic acids is 1. The van der Waals surface area contributed by atoms with E-state index in [-0.39, 0.29) is 12.2 Å². The van der Waals surface area contributed by atoms with Crippen molar-refractivity contribution in [2.24, 2.45) is 0 Å². The largest absolute Gasteiger partial charge is 0.480 e. The Morgan fingerprint density at radius 2 is 1.95 bits per heavy atom. The Kier molecular flexibility index (Phi) is 6.21. The zero-order valence-electron chi connectivity index (χ0n) is 10.7. The van der Waals surface area contributed by atoms with E-state index in [9.17, 15) is 13.8 Å². The zero-order valence-corrected chi connectivity index (χ0v) is 11.5. The van der Waals surface area contributed by atoms with Crippen LogP contribution >= 0.6 is 0 Å². The van der Waals surface area contributed by atoms with Gasteiger partial charge in [0.1, 0.15) is 11.0 Å². The second kappa shape index (κ2) is 7.68. The highest BCUT2D eigenvalue weighted by Crippen LogP contribution is 2.03. The van der Waals surface area contributed by atoms with E-state index in [2.05, 4.69) is 5.32 Å². The lowest BCUT2D eigenvalue weighted by molar-refractivity contribution is -0.136. The first-order chi connectivity index (χ1) is 9.04. The molecule has 104 valence electrons. The van der Waals surface area contributed by atoms with Gasteiger partial charge in [0.15, 0.2) is 0 Å². The molecule has 0 fully saturated rings. The Balaban J connectivity index is 2.43. The van der Waals surface area contributed by atoms with Crippen LogP contribution in [0.1, 0.15) is 18.9 Å². The molecular weight excluding hydrogens is 266 g/mol. The van der Waals surface area contributed by atoms with E-state index in [0.717, 1.165) is 5.56 Å². The standard InChI is InChI=1S/C13H17NO4S/c1-2-11(13(16)17)19(18)9-12(15)14-8-10-6-4-3-5-7-10/h3-7,11H,2,8-9H2,1H3,(H,14,15)(H,16,17). The molecule has 0 aliphatic heterocycles. The van der Waals surface area contributed by atoms with Crippen LogP contribution in [-0.4, -0.2) is 32.2 Å². The third-order valence-electron chi connectivity index (χ3n) is 2.57. The molecule has 19 heavy (non-hydrogen) atoms. The topological polar surface area (TPSA) is 83.5 Å². The fraction of sp³-hybridized carbons (Fsp3) is 0.385. The SMILES string of the molecule is CCC(C(=O)O)S(=O)CC(=O)NCc1ccccc1. The van der Waals surface area contributed by atoms with Crippen molar-refractivity contribution < 1.29 is 18.9 Å². The summed E-state index contributed by atoms with van der Waals surface area (Å²) in [5, 5.41) is 10.5. The lowest BCUT2D eigenvalue weighted by atomic mass is 10.2. The maximum absolute atomic E-state index is 11.7. The number of hydrogen-bond donors (Lipinski definition) is 2. The lowest BCUT2D eigenvalue weighted by Gasteiger charge is -2.10. The van der Waals surface area contributed by atoms with Crippen LogP contribution in [0.3, 0.4) is 0 Å². The first kappa shape index (κ1) is 15.4. The summed E-state index contributed by atoms with van der Waals surface area (Å²) >= 11 is 0. The number of nitrogens with one attached hydrogen (secondary N) is 1. The zero-order chi connectivity index (χ0) is 14.3. The molecule has 5 nitrogen and oxygen atoms in total. The molecule has 0 radical (unpaired) electrons. The van der Waals surface area contributed by atoms with Gasteiger partial charge < -0.3 is 10.4 Å². The molecule has 0 aromatic heterocycles. The summed E-state index contributed by atoms with van der Waals surface area (Å²) in [7, 11) is -1.69. The van der Waals surface area contributed by atoms with Crippen LogP contribution < -0.4 is 5.32 Å². The number of carbonyl (C=O) groups excluding carboxylic acids is 1. The minimum absolute atomic E-state index is 0.244. The van der Waals surface area contributed by atoms with Gasteiger partial charge in [-0.1, -0.05) is 37.3 Å². The van der Waals surface area contributed by atoms with Crippen molar-refractivity contribution in [3.05, 3.63) is 35.9 Å². The van der Waals surface area contributed by atoms with E-state index in [1.807, 2.05) is 30.3 Å². The summed E-state index contributed by atoms with van der Waals surface area (Å²) in [6, 6.07) is 9.32. The van der Waals surface area contributed by atoms with Crippen LogP contribution in [0.4, 0.5) is 0 Å². The summed E-state index contributed by atoms with van der Waals surface area (Å²) < 4.78 is 11.7. The second-order valence-corrected chi connectivity index (χ2v) is 5.64. The highest BCUT2D eigenvalue weighted by Gasteiger charge is 2.24. The first-order valence-electron chi connectivity index (χ1n) is 5.95. The van der Waals surface area contributed by atoms with Crippen molar-refractivity contribution in [3.63, 3.8) is 0 Å². The van der Waals surface area contributed by atoms with Crippen LogP contribution in [0.15, 0.2) is 30.3 Å². The number of aliphatic carboxylic acids is 1. The molecule has 0 aliphatic rings. The molecule has 1 amide bonds. The number of amides is 1. The summed E-state index contributed by atoms with van der Waals surface area (Å²) in [5.74, 6) is -1.81. The normalized spacial score (nSPS) is 13.5. The van der Waals surface area contributed by atoms with Crippen molar-refractivity contribution in [1.29, 1.82) is 0 Å². The van der Waals surface area contributed by atoms with Crippen molar-refractivity contribution in [1.82, 2.24) is 5.32 Å². The molecule has 0 heterocycles. The Hall–Kier alpha value is -1.69. The Morgan fingerprint density at radius 1 is 1.32 bits per heavy atom. The van der Waals surface area contributed by atoms with Crippen LogP contribution in [0, 0.1) is 0 Å². The van der Waals surface area contributed by atoms with Gasteiger partial charge in [0.05, 0.1) is 0 Å². The van der Waals surface area contributed by atoms with Gasteiger partial charge in [-0.3, -0.25) is 13.8 Å². The second-order valence-electron chi connectivity index (χ2n) is 4.02. The van der Waals surface area contributed by atoms with Gasteiger partial charge in [-0.15, -0.1) is 0 Å². The minimum atomic E-state index is -1.69. The predicted molar refractivity (Wildman–Crippen MR) is 73.0 cm³/mol. The Bertz CT molecular complexity index is 461. The van der Waals surface area contributed by atoms with Crippen LogP contribution in [0.2, 0.25) is 0 Å². The molecule has 1 rings (SSSR count). The van der Waals surface area contributed by atoms with Gasteiger partial charge >= 0.3 is 5.97 Å². The van der Waals surface area contributed by atoms with Crippen molar-refractivity contribution in [3.8, 4) is 0 Å². The smallest absolute Gasteiger partial charge is 0.319 e. The summed E-state index contributed by atoms with van der Waals surface area (Å²) in [5.41, 5.74) is 0.937. The highest BCUT2D eigenvalue weighted by atomic mass is 32.2. The fourth-order valence-corrected chi connectivity index (χ4v) is 2.71. The molecule has 0 spiro atoms. The third-order valence-corrected chi connectivity index (χ3v) is 4.29. The molecule has 2 unspecified atom stereocenters. The predicted octanol–water partition coefficient (Wildman–Crippen LogP) is 0.915. The Morgan fingerprint density at radius 3 is 2.47 bits per heavy atom. The number of benzene rings is 1. The van der Waals surface area contributed by atoms with Crippen molar-refractivity contribution >= 4 is 22.7 Å². The highest BCUT2D eigenvalue weighted by molar-refractivity contribution is 7.87. The number of carbonyl (C=O) groups is 2. The third kappa shape index (κ3) is 5.21. The van der Waals surface area contributed by atoms with Crippen molar-refractivity contribution in [2.45, 2.75) is 25.1 Å². The molecule has 6 heteroatoms. The van der Waals surface area contributed by atoms with E-state index >= 15 is 0 Å². The van der Waals surface area contributed by atoms with E-state index in [1.54, 1.807) is 6.92 Å². The average Bonchev–Trinajstić information content (AvgIpc) is 2.38. The van der Waals surface area contributed by atoms with E-state index in [0.29, 0.717) is 6.54 Å². The molecule has 2 atom stereocenters. The van der Waals surface area contributed by atoms with E-state index in [1.165, 1.54) is 0 Å². The monoisotopic (exact) mass is 283 g/mol. The maximum Gasteiger partial charge on any atom is 0.319 e. The lowest BCUT2D eigenvalue weighted by Crippen LogP contribution is -2.34. The van der Waals surface area contributed by atoms with Gasteiger partial charge in [0.2, 0.25) is 5.91 Å². The molecule has 1 aromatic carbocycles.